The molecular weight excluding hydrogens is 226 g/mol. The third kappa shape index (κ3) is 2.69. The number of thioether (sulfide) groups is 1. The second kappa shape index (κ2) is 4.66. The van der Waals surface area contributed by atoms with Gasteiger partial charge < -0.3 is 5.32 Å². The molecule has 0 aliphatic heterocycles. The molecule has 1 nitrogen and oxygen atoms in total. The summed E-state index contributed by atoms with van der Waals surface area (Å²) in [5.41, 5.74) is 2.13. The maximum Gasteiger partial charge on any atom is 0.0205 e. The van der Waals surface area contributed by atoms with Gasteiger partial charge in [-0.2, -0.15) is 0 Å². The number of rotatable bonds is 6. The largest absolute Gasteiger partial charge is 0.312 e. The van der Waals surface area contributed by atoms with Gasteiger partial charge in [0.05, 0.1) is 0 Å². The molecule has 2 fully saturated rings. The van der Waals surface area contributed by atoms with Crippen molar-refractivity contribution in [2.45, 2.75) is 37.1 Å². The summed E-state index contributed by atoms with van der Waals surface area (Å²) in [6.07, 6.45) is 8.04. The van der Waals surface area contributed by atoms with E-state index in [4.69, 9.17) is 0 Å². The minimum absolute atomic E-state index is 0.721. The van der Waals surface area contributed by atoms with Gasteiger partial charge in [-0.3, -0.25) is 0 Å². The van der Waals surface area contributed by atoms with Crippen molar-refractivity contribution < 1.29 is 0 Å². The number of nitrogens with one attached hydrogen (secondary N) is 1. The first-order chi connectivity index (χ1) is 8.32. The minimum atomic E-state index is 0.721. The van der Waals surface area contributed by atoms with Gasteiger partial charge in [-0.05, 0) is 61.0 Å². The van der Waals surface area contributed by atoms with Gasteiger partial charge in [-0.1, -0.05) is 12.1 Å². The van der Waals surface area contributed by atoms with E-state index >= 15 is 0 Å². The van der Waals surface area contributed by atoms with Gasteiger partial charge in [-0.15, -0.1) is 11.8 Å². The third-order valence-corrected chi connectivity index (χ3v) is 5.04. The molecule has 2 aliphatic carbocycles. The molecule has 0 spiro atoms. The van der Waals surface area contributed by atoms with Gasteiger partial charge in [-0.25, -0.2) is 0 Å². The van der Waals surface area contributed by atoms with Crippen LogP contribution in [-0.2, 0) is 6.54 Å². The zero-order chi connectivity index (χ0) is 11.7. The van der Waals surface area contributed by atoms with E-state index in [9.17, 15) is 0 Å². The molecule has 1 N–H and O–H groups in total. The van der Waals surface area contributed by atoms with Crippen molar-refractivity contribution in [2.24, 2.45) is 11.3 Å². The molecule has 0 heterocycles. The summed E-state index contributed by atoms with van der Waals surface area (Å²) in [5, 5.41) is 3.66. The first-order valence-electron chi connectivity index (χ1n) is 6.66. The SMILES string of the molecule is CSc1ccc(CNCC2(C3CC3)CC2)cc1. The van der Waals surface area contributed by atoms with Crippen molar-refractivity contribution >= 4 is 11.8 Å². The average molecular weight is 247 g/mol. The van der Waals surface area contributed by atoms with Crippen LogP contribution < -0.4 is 5.32 Å². The minimum Gasteiger partial charge on any atom is -0.312 e. The van der Waals surface area contributed by atoms with Gasteiger partial charge >= 0.3 is 0 Å². The van der Waals surface area contributed by atoms with Gasteiger partial charge in [0.2, 0.25) is 0 Å². The van der Waals surface area contributed by atoms with Crippen LogP contribution in [0.4, 0.5) is 0 Å². The highest BCUT2D eigenvalue weighted by molar-refractivity contribution is 7.98. The third-order valence-electron chi connectivity index (χ3n) is 4.30. The van der Waals surface area contributed by atoms with Crippen molar-refractivity contribution in [1.82, 2.24) is 5.32 Å². The molecule has 0 aromatic heterocycles. The predicted molar refractivity (Wildman–Crippen MR) is 74.3 cm³/mol. The normalized spacial score (nSPS) is 21.5. The Balaban J connectivity index is 1.47. The lowest BCUT2D eigenvalue weighted by molar-refractivity contribution is 0.403. The van der Waals surface area contributed by atoms with E-state index in [-0.39, 0.29) is 0 Å². The molecule has 0 bridgehead atoms. The van der Waals surface area contributed by atoms with E-state index < -0.39 is 0 Å². The highest BCUT2D eigenvalue weighted by Gasteiger charge is 2.53. The lowest BCUT2D eigenvalue weighted by atomic mass is 10.0. The Kier molecular flexibility index (Phi) is 3.18. The summed E-state index contributed by atoms with van der Waals surface area (Å²) in [6, 6.07) is 8.93. The van der Waals surface area contributed by atoms with Crippen molar-refractivity contribution in [2.75, 3.05) is 12.8 Å². The van der Waals surface area contributed by atoms with Gasteiger partial charge in [0.1, 0.15) is 0 Å². The second-order valence-corrected chi connectivity index (χ2v) is 6.47. The maximum atomic E-state index is 3.66. The summed E-state index contributed by atoms with van der Waals surface area (Å²) in [5.74, 6) is 1.06. The fourth-order valence-corrected chi connectivity index (χ4v) is 3.19. The average Bonchev–Trinajstić information content (AvgIpc) is 3.23. The standard InChI is InChI=1S/C15H21NS/c1-17-14-6-2-12(3-7-14)10-16-11-15(8-9-15)13-4-5-13/h2-3,6-7,13,16H,4-5,8-11H2,1H3. The molecule has 3 rings (SSSR count). The van der Waals surface area contributed by atoms with Crippen molar-refractivity contribution in [3.63, 3.8) is 0 Å². The van der Waals surface area contributed by atoms with Crippen LogP contribution in [0.1, 0.15) is 31.2 Å². The van der Waals surface area contributed by atoms with Crippen molar-refractivity contribution in [1.29, 1.82) is 0 Å². The molecule has 0 amide bonds. The molecule has 0 radical (unpaired) electrons. The second-order valence-electron chi connectivity index (χ2n) is 5.59. The molecule has 1 aromatic rings. The van der Waals surface area contributed by atoms with E-state index in [2.05, 4.69) is 35.8 Å². The monoisotopic (exact) mass is 247 g/mol. The van der Waals surface area contributed by atoms with Crippen molar-refractivity contribution in [3.05, 3.63) is 29.8 Å². The lowest BCUT2D eigenvalue weighted by Crippen LogP contribution is -2.24. The summed E-state index contributed by atoms with van der Waals surface area (Å²) >= 11 is 1.81. The van der Waals surface area contributed by atoms with Crippen LogP contribution in [0.2, 0.25) is 0 Å². The number of benzene rings is 1. The Morgan fingerprint density at radius 1 is 1.24 bits per heavy atom. The van der Waals surface area contributed by atoms with Crippen LogP contribution in [0.3, 0.4) is 0 Å². The zero-order valence-corrected chi connectivity index (χ0v) is 11.4. The Bertz CT molecular complexity index is 376. The number of hydrogen-bond donors (Lipinski definition) is 1. The fourth-order valence-electron chi connectivity index (χ4n) is 2.78. The van der Waals surface area contributed by atoms with Crippen LogP contribution in [0.5, 0.6) is 0 Å². The summed E-state index contributed by atoms with van der Waals surface area (Å²) in [4.78, 5) is 1.35. The number of hydrogen-bond acceptors (Lipinski definition) is 2. The summed E-state index contributed by atoms with van der Waals surface area (Å²) in [6.45, 7) is 2.27. The zero-order valence-electron chi connectivity index (χ0n) is 10.5. The molecule has 1 aromatic carbocycles. The molecule has 17 heavy (non-hydrogen) atoms. The predicted octanol–water partition coefficient (Wildman–Crippen LogP) is 3.69. The Morgan fingerprint density at radius 3 is 2.47 bits per heavy atom. The molecule has 0 atom stereocenters. The quantitative estimate of drug-likeness (QED) is 0.769. The van der Waals surface area contributed by atoms with Crippen LogP contribution in [0.15, 0.2) is 29.2 Å². The van der Waals surface area contributed by atoms with E-state index in [1.165, 1.54) is 42.7 Å². The highest BCUT2D eigenvalue weighted by atomic mass is 32.2. The molecule has 2 aliphatic rings. The van der Waals surface area contributed by atoms with Crippen LogP contribution in [0, 0.1) is 11.3 Å². The molecule has 2 saturated carbocycles. The van der Waals surface area contributed by atoms with Gasteiger partial charge in [0.15, 0.2) is 0 Å². The van der Waals surface area contributed by atoms with Gasteiger partial charge in [0, 0.05) is 18.0 Å². The molecule has 92 valence electrons. The fraction of sp³-hybridized carbons (Fsp3) is 0.600. The maximum absolute atomic E-state index is 3.66. The highest BCUT2D eigenvalue weighted by Crippen LogP contribution is 2.60. The first kappa shape index (κ1) is 11.6. The van der Waals surface area contributed by atoms with E-state index in [0.29, 0.717) is 0 Å². The molecule has 0 unspecified atom stereocenters. The van der Waals surface area contributed by atoms with Crippen LogP contribution in [-0.4, -0.2) is 12.8 Å². The van der Waals surface area contributed by atoms with Gasteiger partial charge in [0.25, 0.3) is 0 Å². The summed E-state index contributed by atoms with van der Waals surface area (Å²) < 4.78 is 0. The Hall–Kier alpha value is -0.470. The van der Waals surface area contributed by atoms with Crippen molar-refractivity contribution in [3.8, 4) is 0 Å². The summed E-state index contributed by atoms with van der Waals surface area (Å²) in [7, 11) is 0. The van der Waals surface area contributed by atoms with Crippen LogP contribution in [0.25, 0.3) is 0 Å². The van der Waals surface area contributed by atoms with E-state index in [0.717, 1.165) is 17.9 Å². The first-order valence-corrected chi connectivity index (χ1v) is 7.88. The topological polar surface area (TPSA) is 12.0 Å². The van der Waals surface area contributed by atoms with Crippen LogP contribution >= 0.6 is 11.8 Å². The smallest absolute Gasteiger partial charge is 0.0205 e. The van der Waals surface area contributed by atoms with E-state index in [1.54, 1.807) is 0 Å². The van der Waals surface area contributed by atoms with E-state index in [1.807, 2.05) is 11.8 Å². The molecular formula is C15H21NS. The lowest BCUT2D eigenvalue weighted by Gasteiger charge is -2.15. The molecule has 2 heteroatoms. The molecule has 0 saturated heterocycles. The Morgan fingerprint density at radius 2 is 1.94 bits per heavy atom. The Labute approximate surface area is 108 Å².